The van der Waals surface area contributed by atoms with E-state index in [4.69, 9.17) is 5.11 Å². The smallest absolute Gasteiger partial charge is 0.335 e. The number of benzene rings is 1. The van der Waals surface area contributed by atoms with Gasteiger partial charge in [0.15, 0.2) is 5.75 Å². The van der Waals surface area contributed by atoms with E-state index in [9.17, 15) is 14.7 Å². The van der Waals surface area contributed by atoms with Gasteiger partial charge in [-0.05, 0) is 24.6 Å². The molecule has 3 N–H and O–H groups in total. The van der Waals surface area contributed by atoms with Crippen LogP contribution in [-0.2, 0) is 0 Å². The van der Waals surface area contributed by atoms with Crippen LogP contribution in [0.1, 0.15) is 16.1 Å². The molecule has 0 aliphatic heterocycles. The first kappa shape index (κ1) is 11.9. The standard InChI is InChI=1S/C13H11NO4/c1-7-11(15)12(16)10(6-14-7)8-2-4-9(5-3-8)13(17)18/h2-6,15H,1H3,(H,14,16)(H,17,18). The molecule has 92 valence electrons. The Balaban J connectivity index is 2.53. The largest absolute Gasteiger partial charge is 0.503 e. The lowest BCUT2D eigenvalue weighted by Crippen LogP contribution is -2.07. The van der Waals surface area contributed by atoms with E-state index in [-0.39, 0.29) is 11.3 Å². The van der Waals surface area contributed by atoms with Gasteiger partial charge in [0.2, 0.25) is 5.43 Å². The van der Waals surface area contributed by atoms with Gasteiger partial charge in [0.1, 0.15) is 0 Å². The van der Waals surface area contributed by atoms with Crippen LogP contribution in [-0.4, -0.2) is 21.2 Å². The van der Waals surface area contributed by atoms with Gasteiger partial charge in [-0.15, -0.1) is 0 Å². The van der Waals surface area contributed by atoms with Crippen molar-refractivity contribution in [3.05, 3.63) is 51.9 Å². The number of aromatic hydroxyl groups is 1. The highest BCUT2D eigenvalue weighted by Gasteiger charge is 2.10. The number of rotatable bonds is 2. The summed E-state index contributed by atoms with van der Waals surface area (Å²) in [7, 11) is 0. The summed E-state index contributed by atoms with van der Waals surface area (Å²) in [5, 5.41) is 18.3. The van der Waals surface area contributed by atoms with Crippen molar-refractivity contribution < 1.29 is 15.0 Å². The molecule has 0 aliphatic rings. The molecule has 2 rings (SSSR count). The Labute approximate surface area is 102 Å². The molecule has 0 saturated carbocycles. The van der Waals surface area contributed by atoms with Crippen molar-refractivity contribution in [1.29, 1.82) is 0 Å². The Morgan fingerprint density at radius 1 is 1.22 bits per heavy atom. The number of pyridine rings is 1. The molecule has 1 aromatic heterocycles. The molecular formula is C13H11NO4. The molecule has 5 heteroatoms. The zero-order chi connectivity index (χ0) is 13.3. The minimum atomic E-state index is -1.03. The van der Waals surface area contributed by atoms with E-state index in [0.29, 0.717) is 16.8 Å². The number of carboxylic acid groups (broad SMARTS) is 1. The van der Waals surface area contributed by atoms with E-state index in [1.165, 1.54) is 30.5 Å². The van der Waals surface area contributed by atoms with Crippen LogP contribution in [0.15, 0.2) is 35.3 Å². The third-order valence-electron chi connectivity index (χ3n) is 2.69. The monoisotopic (exact) mass is 245 g/mol. The van der Waals surface area contributed by atoms with Gasteiger partial charge >= 0.3 is 5.97 Å². The molecule has 0 radical (unpaired) electrons. The second kappa shape index (κ2) is 4.37. The summed E-state index contributed by atoms with van der Waals surface area (Å²) in [6, 6.07) is 5.88. The summed E-state index contributed by atoms with van der Waals surface area (Å²) in [4.78, 5) is 25.3. The SMILES string of the molecule is Cc1[nH]cc(-c2ccc(C(=O)O)cc2)c(=O)c1O. The zero-order valence-electron chi connectivity index (χ0n) is 9.60. The number of aryl methyl sites for hydroxylation is 1. The fraction of sp³-hybridized carbons (Fsp3) is 0.0769. The summed E-state index contributed by atoms with van der Waals surface area (Å²) in [6.07, 6.45) is 1.49. The third-order valence-corrected chi connectivity index (χ3v) is 2.69. The van der Waals surface area contributed by atoms with Crippen LogP contribution in [0.5, 0.6) is 5.75 Å². The van der Waals surface area contributed by atoms with Crippen LogP contribution in [0, 0.1) is 6.92 Å². The van der Waals surface area contributed by atoms with Crippen LogP contribution in [0.3, 0.4) is 0 Å². The van der Waals surface area contributed by atoms with E-state index >= 15 is 0 Å². The first-order valence-corrected chi connectivity index (χ1v) is 5.25. The lowest BCUT2D eigenvalue weighted by molar-refractivity contribution is 0.0697. The Morgan fingerprint density at radius 3 is 2.39 bits per heavy atom. The number of aromatic nitrogens is 1. The number of H-pyrrole nitrogens is 1. The van der Waals surface area contributed by atoms with Crippen LogP contribution in [0.2, 0.25) is 0 Å². The normalized spacial score (nSPS) is 10.3. The van der Waals surface area contributed by atoms with Gasteiger partial charge in [0.05, 0.1) is 11.3 Å². The molecule has 0 amide bonds. The zero-order valence-corrected chi connectivity index (χ0v) is 9.60. The maximum absolute atomic E-state index is 11.8. The molecule has 18 heavy (non-hydrogen) atoms. The molecule has 0 bridgehead atoms. The topological polar surface area (TPSA) is 90.4 Å². The molecule has 0 unspecified atom stereocenters. The highest BCUT2D eigenvalue weighted by atomic mass is 16.4. The van der Waals surface area contributed by atoms with Crippen molar-refractivity contribution in [1.82, 2.24) is 4.98 Å². The summed E-state index contributed by atoms with van der Waals surface area (Å²) < 4.78 is 0. The van der Waals surface area contributed by atoms with Crippen LogP contribution in [0.25, 0.3) is 11.1 Å². The van der Waals surface area contributed by atoms with Crippen LogP contribution < -0.4 is 5.43 Å². The first-order chi connectivity index (χ1) is 8.50. The number of aromatic carboxylic acids is 1. The predicted octanol–water partition coefficient (Wildman–Crippen LogP) is 1.75. The number of aromatic amines is 1. The average molecular weight is 245 g/mol. The number of carbonyl (C=O) groups is 1. The van der Waals surface area contributed by atoms with Crippen molar-refractivity contribution in [3.63, 3.8) is 0 Å². The summed E-state index contributed by atoms with van der Waals surface area (Å²) in [5.74, 6) is -1.35. The minimum absolute atomic E-state index is 0.145. The third kappa shape index (κ3) is 1.98. The number of hydrogen-bond acceptors (Lipinski definition) is 3. The van der Waals surface area contributed by atoms with Gasteiger partial charge in [0, 0.05) is 11.8 Å². The lowest BCUT2D eigenvalue weighted by Gasteiger charge is -2.04. The molecule has 1 heterocycles. The fourth-order valence-electron chi connectivity index (χ4n) is 1.62. The van der Waals surface area contributed by atoms with E-state index in [0.717, 1.165) is 0 Å². The van der Waals surface area contributed by atoms with Crippen molar-refractivity contribution >= 4 is 5.97 Å². The highest BCUT2D eigenvalue weighted by molar-refractivity contribution is 5.88. The second-order valence-electron chi connectivity index (χ2n) is 3.89. The van der Waals surface area contributed by atoms with Crippen molar-refractivity contribution in [2.24, 2.45) is 0 Å². The molecule has 0 atom stereocenters. The number of hydrogen-bond donors (Lipinski definition) is 3. The minimum Gasteiger partial charge on any atom is -0.503 e. The summed E-state index contributed by atoms with van der Waals surface area (Å²) >= 11 is 0. The van der Waals surface area contributed by atoms with E-state index in [1.54, 1.807) is 6.92 Å². The number of nitrogens with one attached hydrogen (secondary N) is 1. The molecular weight excluding hydrogens is 234 g/mol. The summed E-state index contributed by atoms with van der Waals surface area (Å²) in [6.45, 7) is 1.59. The van der Waals surface area contributed by atoms with E-state index < -0.39 is 11.4 Å². The Hall–Kier alpha value is -2.56. The van der Waals surface area contributed by atoms with Gasteiger partial charge in [-0.25, -0.2) is 4.79 Å². The lowest BCUT2D eigenvalue weighted by atomic mass is 10.0. The quantitative estimate of drug-likeness (QED) is 0.751. The average Bonchev–Trinajstić information content (AvgIpc) is 2.36. The molecule has 2 aromatic rings. The first-order valence-electron chi connectivity index (χ1n) is 5.25. The fourth-order valence-corrected chi connectivity index (χ4v) is 1.62. The highest BCUT2D eigenvalue weighted by Crippen LogP contribution is 2.19. The molecule has 0 saturated heterocycles. The van der Waals surface area contributed by atoms with Gasteiger partial charge in [-0.2, -0.15) is 0 Å². The molecule has 5 nitrogen and oxygen atoms in total. The van der Waals surface area contributed by atoms with Crippen molar-refractivity contribution in [2.75, 3.05) is 0 Å². The molecule has 0 spiro atoms. The summed E-state index contributed by atoms with van der Waals surface area (Å²) in [5.41, 5.74) is 0.915. The van der Waals surface area contributed by atoms with Crippen molar-refractivity contribution in [2.45, 2.75) is 6.92 Å². The van der Waals surface area contributed by atoms with Crippen LogP contribution >= 0.6 is 0 Å². The Kier molecular flexibility index (Phi) is 2.89. The van der Waals surface area contributed by atoms with E-state index in [2.05, 4.69) is 4.98 Å². The Bertz CT molecular complexity index is 656. The van der Waals surface area contributed by atoms with Gasteiger partial charge in [-0.1, -0.05) is 12.1 Å². The maximum Gasteiger partial charge on any atom is 0.335 e. The van der Waals surface area contributed by atoms with Crippen LogP contribution in [0.4, 0.5) is 0 Å². The molecule has 1 aromatic carbocycles. The second-order valence-corrected chi connectivity index (χ2v) is 3.89. The molecule has 0 aliphatic carbocycles. The van der Waals surface area contributed by atoms with Gasteiger partial charge in [0.25, 0.3) is 0 Å². The Morgan fingerprint density at radius 2 is 1.83 bits per heavy atom. The number of carboxylic acids is 1. The van der Waals surface area contributed by atoms with E-state index in [1.807, 2.05) is 0 Å². The molecule has 0 fully saturated rings. The van der Waals surface area contributed by atoms with Crippen molar-refractivity contribution in [3.8, 4) is 16.9 Å². The van der Waals surface area contributed by atoms with Gasteiger partial charge in [-0.3, -0.25) is 4.79 Å². The maximum atomic E-state index is 11.8. The predicted molar refractivity (Wildman–Crippen MR) is 65.9 cm³/mol. The van der Waals surface area contributed by atoms with Gasteiger partial charge < -0.3 is 15.2 Å².